The van der Waals surface area contributed by atoms with Gasteiger partial charge in [0.25, 0.3) is 0 Å². The van der Waals surface area contributed by atoms with E-state index >= 15 is 0 Å². The zero-order valence-corrected chi connectivity index (χ0v) is 16.4. The smallest absolute Gasteiger partial charge is 0.240 e. The summed E-state index contributed by atoms with van der Waals surface area (Å²) in [5.74, 6) is 3.24. The van der Waals surface area contributed by atoms with Crippen molar-refractivity contribution in [3.05, 3.63) is 46.5 Å². The maximum Gasteiger partial charge on any atom is 0.240 e. The first-order chi connectivity index (χ1) is 12.3. The summed E-state index contributed by atoms with van der Waals surface area (Å²) in [6.07, 6.45) is 0.961. The lowest BCUT2D eigenvalue weighted by Gasteiger charge is -2.25. The Kier molecular flexibility index (Phi) is 5.65. The van der Waals surface area contributed by atoms with Crippen LogP contribution in [0.1, 0.15) is 16.1 Å². The molecule has 1 N–H and O–H groups in total. The summed E-state index contributed by atoms with van der Waals surface area (Å²) in [4.78, 5) is 20.8. The second-order valence-electron chi connectivity index (χ2n) is 6.26. The molecule has 2 aromatic rings. The van der Waals surface area contributed by atoms with Crippen molar-refractivity contribution >= 4 is 45.9 Å². The van der Waals surface area contributed by atoms with Gasteiger partial charge in [0, 0.05) is 48.2 Å². The zero-order chi connectivity index (χ0) is 17.1. The minimum absolute atomic E-state index is 0.0641. The molecule has 7 heteroatoms. The van der Waals surface area contributed by atoms with Crippen LogP contribution in [0.25, 0.3) is 0 Å². The molecule has 1 aromatic carbocycles. The summed E-state index contributed by atoms with van der Waals surface area (Å²) in [6.45, 7) is 2.91. The number of carbonyl (C=O) groups excluding carboxylic acids is 1. The highest BCUT2D eigenvalue weighted by Crippen LogP contribution is 2.30. The van der Waals surface area contributed by atoms with Crippen molar-refractivity contribution in [2.24, 2.45) is 0 Å². The van der Waals surface area contributed by atoms with E-state index in [1.807, 2.05) is 11.8 Å². The molecule has 0 bridgehead atoms. The largest absolute Gasteiger partial charge is 0.301 e. The number of hydrogen-bond donors (Lipinski definition) is 1. The number of amides is 1. The van der Waals surface area contributed by atoms with Gasteiger partial charge in [-0.05, 0) is 5.56 Å². The van der Waals surface area contributed by atoms with Gasteiger partial charge < -0.3 is 5.32 Å². The Morgan fingerprint density at radius 2 is 2.16 bits per heavy atom. The quantitative estimate of drug-likeness (QED) is 0.864. The Labute approximate surface area is 160 Å². The molecule has 1 fully saturated rings. The van der Waals surface area contributed by atoms with Gasteiger partial charge in [0.05, 0.1) is 10.9 Å². The van der Waals surface area contributed by atoms with E-state index in [9.17, 15) is 4.79 Å². The van der Waals surface area contributed by atoms with Gasteiger partial charge in [-0.1, -0.05) is 30.3 Å². The van der Waals surface area contributed by atoms with Gasteiger partial charge in [0.2, 0.25) is 5.91 Å². The Morgan fingerprint density at radius 3 is 2.96 bits per heavy atom. The van der Waals surface area contributed by atoms with E-state index in [-0.39, 0.29) is 11.2 Å². The Bertz CT molecular complexity index is 728. The van der Waals surface area contributed by atoms with Crippen LogP contribution in [-0.2, 0) is 24.3 Å². The SMILES string of the molecule is O=C(Nc1nc2c(s1)CN(Cc1ccccc1)CC2)C1CSCCS1. The fourth-order valence-electron chi connectivity index (χ4n) is 3.10. The number of thioether (sulfide) groups is 2. The molecule has 1 saturated heterocycles. The van der Waals surface area contributed by atoms with Crippen molar-refractivity contribution in [3.63, 3.8) is 0 Å². The Balaban J connectivity index is 1.38. The van der Waals surface area contributed by atoms with Crippen molar-refractivity contribution in [1.82, 2.24) is 9.88 Å². The van der Waals surface area contributed by atoms with E-state index in [4.69, 9.17) is 0 Å². The van der Waals surface area contributed by atoms with E-state index in [0.29, 0.717) is 0 Å². The highest BCUT2D eigenvalue weighted by atomic mass is 32.2. The summed E-state index contributed by atoms with van der Waals surface area (Å²) >= 11 is 5.27. The molecule has 132 valence electrons. The molecule has 2 aliphatic heterocycles. The average Bonchev–Trinajstić information content (AvgIpc) is 3.05. The van der Waals surface area contributed by atoms with E-state index in [1.165, 1.54) is 10.4 Å². The van der Waals surface area contributed by atoms with Crippen LogP contribution in [0.15, 0.2) is 30.3 Å². The molecule has 2 aliphatic rings. The highest BCUT2D eigenvalue weighted by Gasteiger charge is 2.25. The third-order valence-corrected chi connectivity index (χ3v) is 8.15. The number of carbonyl (C=O) groups is 1. The van der Waals surface area contributed by atoms with E-state index in [0.717, 1.165) is 54.1 Å². The second kappa shape index (κ2) is 8.12. The minimum atomic E-state index is 0.0641. The Morgan fingerprint density at radius 1 is 1.28 bits per heavy atom. The third-order valence-electron chi connectivity index (χ3n) is 4.40. The molecule has 0 radical (unpaired) electrons. The number of rotatable bonds is 4. The normalized spacial score (nSPS) is 20.9. The first-order valence-electron chi connectivity index (χ1n) is 8.53. The van der Waals surface area contributed by atoms with E-state index < -0.39 is 0 Å². The van der Waals surface area contributed by atoms with Crippen molar-refractivity contribution in [2.45, 2.75) is 24.8 Å². The van der Waals surface area contributed by atoms with Crippen molar-refractivity contribution in [3.8, 4) is 0 Å². The molecule has 0 spiro atoms. The summed E-state index contributed by atoms with van der Waals surface area (Å²) < 4.78 is 0. The van der Waals surface area contributed by atoms with E-state index in [2.05, 4.69) is 45.5 Å². The first-order valence-corrected chi connectivity index (χ1v) is 11.5. The van der Waals surface area contributed by atoms with Crippen molar-refractivity contribution in [2.75, 3.05) is 29.1 Å². The maximum atomic E-state index is 12.4. The number of aromatic nitrogens is 1. The molecule has 1 atom stereocenters. The Hall–Kier alpha value is -1.02. The van der Waals surface area contributed by atoms with Gasteiger partial charge in [0.1, 0.15) is 0 Å². The number of nitrogens with one attached hydrogen (secondary N) is 1. The van der Waals surface area contributed by atoms with Crippen LogP contribution in [0.4, 0.5) is 5.13 Å². The van der Waals surface area contributed by atoms with E-state index in [1.54, 1.807) is 23.1 Å². The molecule has 0 aliphatic carbocycles. The van der Waals surface area contributed by atoms with Gasteiger partial charge in [-0.2, -0.15) is 11.8 Å². The number of hydrogen-bond acceptors (Lipinski definition) is 6. The fraction of sp³-hybridized carbons (Fsp3) is 0.444. The molecular weight excluding hydrogens is 370 g/mol. The predicted octanol–water partition coefficient (Wildman–Crippen LogP) is 3.49. The van der Waals surface area contributed by atoms with Crippen LogP contribution >= 0.6 is 34.9 Å². The first kappa shape index (κ1) is 17.4. The number of benzene rings is 1. The summed E-state index contributed by atoms with van der Waals surface area (Å²) in [6, 6.07) is 10.6. The third kappa shape index (κ3) is 4.39. The lowest BCUT2D eigenvalue weighted by atomic mass is 10.1. The predicted molar refractivity (Wildman–Crippen MR) is 109 cm³/mol. The van der Waals surface area contributed by atoms with Gasteiger partial charge in [-0.15, -0.1) is 23.1 Å². The zero-order valence-electron chi connectivity index (χ0n) is 13.9. The number of anilines is 1. The van der Waals surface area contributed by atoms with Crippen LogP contribution in [0.3, 0.4) is 0 Å². The summed E-state index contributed by atoms with van der Waals surface area (Å²) in [7, 11) is 0. The molecule has 25 heavy (non-hydrogen) atoms. The number of fused-ring (bicyclic) bond motifs is 1. The van der Waals surface area contributed by atoms with Crippen molar-refractivity contribution in [1.29, 1.82) is 0 Å². The van der Waals surface area contributed by atoms with Crippen molar-refractivity contribution < 1.29 is 4.79 Å². The van der Waals surface area contributed by atoms with Crippen LogP contribution < -0.4 is 5.32 Å². The monoisotopic (exact) mass is 391 g/mol. The van der Waals surface area contributed by atoms with Gasteiger partial charge in [-0.3, -0.25) is 9.69 Å². The molecule has 1 unspecified atom stereocenters. The van der Waals surface area contributed by atoms with Gasteiger partial charge in [-0.25, -0.2) is 4.98 Å². The molecule has 4 rings (SSSR count). The average molecular weight is 392 g/mol. The fourth-order valence-corrected chi connectivity index (χ4v) is 6.71. The second-order valence-corrected chi connectivity index (χ2v) is 9.80. The molecule has 1 aromatic heterocycles. The van der Waals surface area contributed by atoms with Crippen LogP contribution in [0.5, 0.6) is 0 Å². The van der Waals surface area contributed by atoms with Crippen LogP contribution in [0, 0.1) is 0 Å². The summed E-state index contributed by atoms with van der Waals surface area (Å²) in [5, 5.41) is 3.88. The number of nitrogens with zero attached hydrogens (tertiary/aromatic N) is 2. The molecule has 1 amide bonds. The topological polar surface area (TPSA) is 45.2 Å². The lowest BCUT2D eigenvalue weighted by Crippen LogP contribution is -2.30. The van der Waals surface area contributed by atoms with Crippen LogP contribution in [0.2, 0.25) is 0 Å². The molecular formula is C18H21N3OS3. The number of thiazole rings is 1. The maximum absolute atomic E-state index is 12.4. The molecule has 3 heterocycles. The van der Waals surface area contributed by atoms with Gasteiger partial charge >= 0.3 is 0 Å². The molecule has 0 saturated carbocycles. The highest BCUT2D eigenvalue weighted by molar-refractivity contribution is 8.07. The minimum Gasteiger partial charge on any atom is -0.301 e. The van der Waals surface area contributed by atoms with Crippen LogP contribution in [-0.4, -0.2) is 44.8 Å². The molecule has 4 nitrogen and oxygen atoms in total. The standard InChI is InChI=1S/C18H21N3OS3/c22-17(16-12-23-8-9-24-16)20-18-19-14-6-7-21(11-15(14)25-18)10-13-4-2-1-3-5-13/h1-5,16H,6-12H2,(H,19,20,22). The lowest BCUT2D eigenvalue weighted by molar-refractivity contribution is -0.115. The summed E-state index contributed by atoms with van der Waals surface area (Å²) in [5.41, 5.74) is 2.51. The van der Waals surface area contributed by atoms with Gasteiger partial charge in [0.15, 0.2) is 5.13 Å².